The third kappa shape index (κ3) is 2.28. The van der Waals surface area contributed by atoms with Crippen LogP contribution in [0.1, 0.15) is 31.1 Å². The molecule has 0 fully saturated rings. The van der Waals surface area contributed by atoms with E-state index >= 15 is 0 Å². The van der Waals surface area contributed by atoms with Crippen LogP contribution in [0, 0.1) is 11.6 Å². The smallest absolute Gasteiger partial charge is 0.370 e. The zero-order chi connectivity index (χ0) is 17.4. The summed E-state index contributed by atoms with van der Waals surface area (Å²) in [6.07, 6.45) is 0. The lowest BCUT2D eigenvalue weighted by Gasteiger charge is -2.14. The minimum absolute atomic E-state index is 0.0435. The molecule has 6 nitrogen and oxygen atoms in total. The van der Waals surface area contributed by atoms with Crippen molar-refractivity contribution < 1.29 is 32.7 Å². The second-order valence-electron chi connectivity index (χ2n) is 4.77. The maximum atomic E-state index is 13.9. The molecular weight excluding hydrogens is 324 g/mol. The number of fused-ring (bicyclic) bond motifs is 1. The minimum Gasteiger partial charge on any atom is -0.493 e. The molecule has 0 aromatic heterocycles. The first-order chi connectivity index (χ1) is 11.5. The van der Waals surface area contributed by atoms with Crippen LogP contribution in [0.5, 0.6) is 5.75 Å². The van der Waals surface area contributed by atoms with Crippen LogP contribution in [0.15, 0.2) is 36.4 Å². The first kappa shape index (κ1) is 15.6. The van der Waals surface area contributed by atoms with Crippen molar-refractivity contribution in [2.45, 2.75) is 0 Å². The molecule has 1 aliphatic rings. The SMILES string of the molecule is COc1c(F)ccc(F)c1C(=O)ON1C(=O)c2ccccc2C1=O. The molecule has 0 unspecified atom stereocenters. The van der Waals surface area contributed by atoms with Crippen LogP contribution < -0.4 is 4.74 Å². The quantitative estimate of drug-likeness (QED) is 0.806. The summed E-state index contributed by atoms with van der Waals surface area (Å²) in [5.74, 6) is -5.97. The topological polar surface area (TPSA) is 72.9 Å². The van der Waals surface area contributed by atoms with E-state index in [9.17, 15) is 23.2 Å². The van der Waals surface area contributed by atoms with Gasteiger partial charge in [0.25, 0.3) is 11.8 Å². The van der Waals surface area contributed by atoms with Crippen molar-refractivity contribution in [2.24, 2.45) is 0 Å². The molecule has 2 aromatic carbocycles. The van der Waals surface area contributed by atoms with Gasteiger partial charge in [0.1, 0.15) is 11.4 Å². The maximum absolute atomic E-state index is 13.9. The van der Waals surface area contributed by atoms with Crippen molar-refractivity contribution >= 4 is 17.8 Å². The lowest BCUT2D eigenvalue weighted by Crippen LogP contribution is -2.33. The Morgan fingerprint density at radius 1 is 0.958 bits per heavy atom. The first-order valence-electron chi connectivity index (χ1n) is 6.67. The number of carbonyl (C=O) groups is 3. The van der Waals surface area contributed by atoms with E-state index in [-0.39, 0.29) is 16.2 Å². The van der Waals surface area contributed by atoms with Gasteiger partial charge in [0, 0.05) is 0 Å². The summed E-state index contributed by atoms with van der Waals surface area (Å²) in [7, 11) is 1.04. The number of hydroxylamine groups is 2. The van der Waals surface area contributed by atoms with Crippen LogP contribution in [0.3, 0.4) is 0 Å². The molecule has 0 atom stereocenters. The molecule has 0 bridgehead atoms. The number of halogens is 2. The zero-order valence-electron chi connectivity index (χ0n) is 12.2. The number of rotatable bonds is 3. The number of benzene rings is 2. The summed E-state index contributed by atoms with van der Waals surface area (Å²) < 4.78 is 32.1. The van der Waals surface area contributed by atoms with Gasteiger partial charge < -0.3 is 9.57 Å². The number of carbonyl (C=O) groups excluding carboxylic acids is 3. The molecule has 1 aliphatic heterocycles. The van der Waals surface area contributed by atoms with Crippen molar-refractivity contribution in [3.8, 4) is 5.75 Å². The van der Waals surface area contributed by atoms with Gasteiger partial charge in [-0.3, -0.25) is 9.59 Å². The van der Waals surface area contributed by atoms with Crippen LogP contribution >= 0.6 is 0 Å². The molecule has 8 heteroatoms. The fourth-order valence-electron chi connectivity index (χ4n) is 2.30. The van der Waals surface area contributed by atoms with E-state index in [0.717, 1.165) is 13.2 Å². The van der Waals surface area contributed by atoms with Gasteiger partial charge in [-0.15, -0.1) is 0 Å². The highest BCUT2D eigenvalue weighted by atomic mass is 19.1. The monoisotopic (exact) mass is 333 g/mol. The Hall–Kier alpha value is -3.29. The Kier molecular flexibility index (Phi) is 3.72. The zero-order valence-corrected chi connectivity index (χ0v) is 12.2. The van der Waals surface area contributed by atoms with E-state index in [1.54, 1.807) is 0 Å². The Bertz CT molecular complexity index is 846. The number of hydrogen-bond acceptors (Lipinski definition) is 5. The Labute approximate surface area is 134 Å². The molecule has 0 spiro atoms. The third-order valence-corrected chi connectivity index (χ3v) is 3.40. The van der Waals surface area contributed by atoms with Gasteiger partial charge in [-0.25, -0.2) is 13.6 Å². The van der Waals surface area contributed by atoms with Crippen LogP contribution in [-0.2, 0) is 4.84 Å². The largest absolute Gasteiger partial charge is 0.493 e. The lowest BCUT2D eigenvalue weighted by atomic mass is 10.1. The fraction of sp³-hybridized carbons (Fsp3) is 0.0625. The van der Waals surface area contributed by atoms with Gasteiger partial charge in [0.05, 0.1) is 18.2 Å². The molecule has 0 saturated heterocycles. The van der Waals surface area contributed by atoms with Crippen molar-refractivity contribution in [3.05, 3.63) is 64.7 Å². The molecule has 2 amide bonds. The van der Waals surface area contributed by atoms with E-state index < -0.39 is 40.7 Å². The third-order valence-electron chi connectivity index (χ3n) is 3.40. The molecule has 0 aliphatic carbocycles. The summed E-state index contributed by atoms with van der Waals surface area (Å²) in [4.78, 5) is 41.1. The second-order valence-corrected chi connectivity index (χ2v) is 4.77. The summed E-state index contributed by atoms with van der Waals surface area (Å²) >= 11 is 0. The van der Waals surface area contributed by atoms with Gasteiger partial charge in [-0.05, 0) is 24.3 Å². The predicted octanol–water partition coefficient (Wildman–Crippen LogP) is 2.34. The molecule has 3 rings (SSSR count). The van der Waals surface area contributed by atoms with Crippen molar-refractivity contribution in [1.29, 1.82) is 0 Å². The highest BCUT2D eigenvalue weighted by Crippen LogP contribution is 2.28. The molecular formula is C16H9F2NO5. The van der Waals surface area contributed by atoms with Crippen LogP contribution in [-0.4, -0.2) is 30.0 Å². The van der Waals surface area contributed by atoms with Gasteiger partial charge in [0.15, 0.2) is 11.6 Å². The molecule has 1 heterocycles. The van der Waals surface area contributed by atoms with E-state index in [1.807, 2.05) is 0 Å². The van der Waals surface area contributed by atoms with Gasteiger partial charge in [-0.2, -0.15) is 0 Å². The first-order valence-corrected chi connectivity index (χ1v) is 6.67. The lowest BCUT2D eigenvalue weighted by molar-refractivity contribution is -0.0589. The number of hydrogen-bond donors (Lipinski definition) is 0. The highest BCUT2D eigenvalue weighted by Gasteiger charge is 2.39. The number of amides is 2. The highest BCUT2D eigenvalue weighted by molar-refractivity contribution is 6.21. The minimum atomic E-state index is -1.43. The molecule has 122 valence electrons. The number of ether oxygens (including phenoxy) is 1. The molecule has 0 radical (unpaired) electrons. The summed E-state index contributed by atoms with van der Waals surface area (Å²) in [6.45, 7) is 0. The average molecular weight is 333 g/mol. The van der Waals surface area contributed by atoms with Gasteiger partial charge >= 0.3 is 5.97 Å². The summed E-state index contributed by atoms with van der Waals surface area (Å²) in [6, 6.07) is 7.30. The van der Waals surface area contributed by atoms with Crippen molar-refractivity contribution in [3.63, 3.8) is 0 Å². The van der Waals surface area contributed by atoms with Crippen molar-refractivity contribution in [2.75, 3.05) is 7.11 Å². The average Bonchev–Trinajstić information content (AvgIpc) is 2.82. The fourth-order valence-corrected chi connectivity index (χ4v) is 2.30. The molecule has 2 aromatic rings. The van der Waals surface area contributed by atoms with E-state index in [4.69, 9.17) is 4.84 Å². The van der Waals surface area contributed by atoms with Crippen LogP contribution in [0.4, 0.5) is 8.78 Å². The molecule has 0 N–H and O–H groups in total. The summed E-state index contributed by atoms with van der Waals surface area (Å²) in [5.41, 5.74) is -0.766. The maximum Gasteiger partial charge on any atom is 0.370 e. The van der Waals surface area contributed by atoms with Crippen LogP contribution in [0.25, 0.3) is 0 Å². The van der Waals surface area contributed by atoms with Gasteiger partial charge in [-0.1, -0.05) is 17.2 Å². The Balaban J connectivity index is 1.94. The predicted molar refractivity (Wildman–Crippen MR) is 75.3 cm³/mol. The standard InChI is InChI=1S/C16H9F2NO5/c1-23-13-11(18)7-6-10(17)12(13)16(22)24-19-14(20)8-4-2-3-5-9(8)15(19)21/h2-7H,1H3. The normalized spacial score (nSPS) is 13.0. The number of methoxy groups -OCH3 is 1. The number of nitrogens with zero attached hydrogens (tertiary/aromatic N) is 1. The van der Waals surface area contributed by atoms with Crippen molar-refractivity contribution in [1.82, 2.24) is 5.06 Å². The van der Waals surface area contributed by atoms with Crippen LogP contribution in [0.2, 0.25) is 0 Å². The molecule has 24 heavy (non-hydrogen) atoms. The Morgan fingerprint density at radius 2 is 1.50 bits per heavy atom. The van der Waals surface area contributed by atoms with E-state index in [0.29, 0.717) is 6.07 Å². The summed E-state index contributed by atoms with van der Waals surface area (Å²) in [5, 5.41) is 0.205. The van der Waals surface area contributed by atoms with E-state index in [1.165, 1.54) is 24.3 Å². The van der Waals surface area contributed by atoms with Gasteiger partial charge in [0.2, 0.25) is 0 Å². The molecule has 0 saturated carbocycles. The number of imide groups is 1. The Morgan fingerprint density at radius 3 is 2.04 bits per heavy atom. The van der Waals surface area contributed by atoms with E-state index in [2.05, 4.69) is 4.74 Å². The second kappa shape index (κ2) is 5.73.